The lowest BCUT2D eigenvalue weighted by atomic mass is 10.2. The molecule has 0 radical (unpaired) electrons. The fraction of sp³-hybridized carbons (Fsp3) is 0.273. The zero-order chi connectivity index (χ0) is 14.0. The first-order valence-corrected chi connectivity index (χ1v) is 6.30. The molecular formula is C11H12BrN5O2. The molecule has 0 saturated carbocycles. The maximum atomic E-state index is 10.9. The van der Waals surface area contributed by atoms with Crippen molar-refractivity contribution in [1.82, 2.24) is 15.0 Å². The summed E-state index contributed by atoms with van der Waals surface area (Å²) in [5.41, 5.74) is 2.26. The number of anilines is 1. The van der Waals surface area contributed by atoms with Crippen molar-refractivity contribution in [1.29, 1.82) is 0 Å². The largest absolute Gasteiger partial charge is 0.378 e. The van der Waals surface area contributed by atoms with E-state index < -0.39 is 4.92 Å². The van der Waals surface area contributed by atoms with Crippen molar-refractivity contribution in [3.8, 4) is 0 Å². The first kappa shape index (κ1) is 13.5. The topological polar surface area (TPSA) is 85.9 Å². The van der Waals surface area contributed by atoms with Gasteiger partial charge in [-0.2, -0.15) is 0 Å². The maximum Gasteiger partial charge on any atom is 0.274 e. The Morgan fingerprint density at radius 2 is 2.26 bits per heavy atom. The molecule has 100 valence electrons. The summed E-state index contributed by atoms with van der Waals surface area (Å²) in [6.07, 6.45) is 1.64. The summed E-state index contributed by atoms with van der Waals surface area (Å²) >= 11 is 3.39. The van der Waals surface area contributed by atoms with E-state index in [4.69, 9.17) is 0 Å². The molecule has 0 spiro atoms. The second-order valence-corrected chi connectivity index (χ2v) is 4.93. The molecule has 0 saturated heterocycles. The van der Waals surface area contributed by atoms with E-state index in [1.54, 1.807) is 30.9 Å². The maximum absolute atomic E-state index is 10.9. The minimum Gasteiger partial charge on any atom is -0.378 e. The molecule has 1 aromatic heterocycles. The number of rotatable bonds is 4. The number of aryl methyl sites for hydroxylation is 2. The van der Waals surface area contributed by atoms with Crippen molar-refractivity contribution >= 4 is 27.3 Å². The van der Waals surface area contributed by atoms with Crippen LogP contribution in [-0.2, 0) is 13.6 Å². The molecule has 0 aliphatic heterocycles. The Hall–Kier alpha value is -1.96. The highest BCUT2D eigenvalue weighted by atomic mass is 79.9. The zero-order valence-corrected chi connectivity index (χ0v) is 12.0. The van der Waals surface area contributed by atoms with E-state index in [1.807, 2.05) is 0 Å². The summed E-state index contributed by atoms with van der Waals surface area (Å²) in [6, 6.07) is 3.24. The van der Waals surface area contributed by atoms with Crippen LogP contribution in [0.1, 0.15) is 11.3 Å². The van der Waals surface area contributed by atoms with Crippen molar-refractivity contribution in [3.63, 3.8) is 0 Å². The van der Waals surface area contributed by atoms with Gasteiger partial charge in [0.1, 0.15) is 0 Å². The summed E-state index contributed by atoms with van der Waals surface area (Å²) in [5, 5.41) is 21.6. The number of aromatic nitrogens is 3. The van der Waals surface area contributed by atoms with Gasteiger partial charge in [0.25, 0.3) is 5.69 Å². The quantitative estimate of drug-likeness (QED) is 0.689. The van der Waals surface area contributed by atoms with Crippen molar-refractivity contribution in [3.05, 3.63) is 44.2 Å². The average Bonchev–Trinajstić information content (AvgIpc) is 2.73. The molecule has 0 fully saturated rings. The second-order valence-electron chi connectivity index (χ2n) is 4.08. The molecule has 2 rings (SSSR count). The first-order valence-electron chi connectivity index (χ1n) is 5.51. The van der Waals surface area contributed by atoms with Crippen molar-refractivity contribution in [2.24, 2.45) is 7.05 Å². The second kappa shape index (κ2) is 5.35. The van der Waals surface area contributed by atoms with E-state index in [-0.39, 0.29) is 5.69 Å². The Kier molecular flexibility index (Phi) is 3.79. The molecule has 1 aromatic carbocycles. The summed E-state index contributed by atoms with van der Waals surface area (Å²) in [4.78, 5) is 10.5. The fourth-order valence-electron chi connectivity index (χ4n) is 1.65. The summed E-state index contributed by atoms with van der Waals surface area (Å²) in [7, 11) is 1.79. The van der Waals surface area contributed by atoms with Crippen LogP contribution in [0.25, 0.3) is 0 Å². The highest BCUT2D eigenvalue weighted by Gasteiger charge is 2.14. The minimum atomic E-state index is -0.390. The van der Waals surface area contributed by atoms with Crippen LogP contribution in [0.2, 0.25) is 0 Å². The number of nitrogens with one attached hydrogen (secondary N) is 1. The molecule has 2 aromatic rings. The molecule has 0 atom stereocenters. The van der Waals surface area contributed by atoms with Gasteiger partial charge in [-0.15, -0.1) is 5.10 Å². The van der Waals surface area contributed by atoms with Crippen molar-refractivity contribution < 1.29 is 4.92 Å². The molecule has 1 heterocycles. The molecule has 19 heavy (non-hydrogen) atoms. The Morgan fingerprint density at radius 1 is 1.53 bits per heavy atom. The Morgan fingerprint density at radius 3 is 2.84 bits per heavy atom. The highest BCUT2D eigenvalue weighted by Crippen LogP contribution is 2.30. The molecular weight excluding hydrogens is 314 g/mol. The average molecular weight is 326 g/mol. The molecule has 1 N–H and O–H groups in total. The number of hydrogen-bond acceptors (Lipinski definition) is 5. The molecule has 0 bridgehead atoms. The fourth-order valence-corrected chi connectivity index (χ4v) is 2.25. The third-order valence-corrected chi connectivity index (χ3v) is 3.41. The lowest BCUT2D eigenvalue weighted by Crippen LogP contribution is -2.06. The standard InChI is InChI=1S/C11H12BrN5O2/c1-7-3-9(12)10(4-11(7)17(18)19)13-5-8-6-14-15-16(8)2/h3-4,6,13H,5H2,1-2H3. The van der Waals surface area contributed by atoms with Gasteiger partial charge < -0.3 is 5.32 Å². The van der Waals surface area contributed by atoms with E-state index >= 15 is 0 Å². The van der Waals surface area contributed by atoms with Gasteiger partial charge in [0.2, 0.25) is 0 Å². The van der Waals surface area contributed by atoms with Gasteiger partial charge in [-0.1, -0.05) is 5.21 Å². The molecule has 0 amide bonds. The van der Waals surface area contributed by atoms with E-state index in [0.29, 0.717) is 17.8 Å². The summed E-state index contributed by atoms with van der Waals surface area (Å²) < 4.78 is 2.43. The Balaban J connectivity index is 2.23. The Labute approximate surface area is 117 Å². The number of halogens is 1. The minimum absolute atomic E-state index is 0.0915. The van der Waals surface area contributed by atoms with E-state index in [9.17, 15) is 10.1 Å². The molecule has 7 nitrogen and oxygen atoms in total. The van der Waals surface area contributed by atoms with Crippen molar-refractivity contribution in [2.45, 2.75) is 13.5 Å². The van der Waals surface area contributed by atoms with E-state index in [2.05, 4.69) is 31.6 Å². The number of nitro groups is 1. The zero-order valence-electron chi connectivity index (χ0n) is 10.4. The molecule has 0 aliphatic carbocycles. The van der Waals surface area contributed by atoms with Crippen LogP contribution in [0.4, 0.5) is 11.4 Å². The predicted molar refractivity (Wildman–Crippen MR) is 73.9 cm³/mol. The third kappa shape index (κ3) is 2.90. The summed E-state index contributed by atoms with van der Waals surface area (Å²) in [5.74, 6) is 0. The number of nitro benzene ring substituents is 1. The van der Waals surface area contributed by atoms with Crippen LogP contribution < -0.4 is 5.32 Å². The lowest BCUT2D eigenvalue weighted by molar-refractivity contribution is -0.385. The number of nitrogens with zero attached hydrogens (tertiary/aromatic N) is 4. The smallest absolute Gasteiger partial charge is 0.274 e. The van der Waals surface area contributed by atoms with Gasteiger partial charge in [0, 0.05) is 23.2 Å². The van der Waals surface area contributed by atoms with Gasteiger partial charge in [0.15, 0.2) is 0 Å². The van der Waals surface area contributed by atoms with Crippen LogP contribution in [0.15, 0.2) is 22.8 Å². The molecule has 0 aliphatic rings. The van der Waals surface area contributed by atoms with Crippen LogP contribution in [-0.4, -0.2) is 19.9 Å². The van der Waals surface area contributed by atoms with Crippen LogP contribution in [0, 0.1) is 17.0 Å². The highest BCUT2D eigenvalue weighted by molar-refractivity contribution is 9.10. The van der Waals surface area contributed by atoms with Gasteiger partial charge >= 0.3 is 0 Å². The van der Waals surface area contributed by atoms with Gasteiger partial charge in [-0.25, -0.2) is 0 Å². The Bertz CT molecular complexity index is 626. The normalized spacial score (nSPS) is 10.5. The molecule has 8 heteroatoms. The van der Waals surface area contributed by atoms with E-state index in [0.717, 1.165) is 10.2 Å². The third-order valence-electron chi connectivity index (χ3n) is 2.75. The molecule has 0 unspecified atom stereocenters. The van der Waals surface area contributed by atoms with Crippen molar-refractivity contribution in [2.75, 3.05) is 5.32 Å². The van der Waals surface area contributed by atoms with Crippen LogP contribution in [0.3, 0.4) is 0 Å². The number of hydrogen-bond donors (Lipinski definition) is 1. The lowest BCUT2D eigenvalue weighted by Gasteiger charge is -2.09. The SMILES string of the molecule is Cc1cc(Br)c(NCc2cnnn2C)cc1[N+](=O)[O-]. The van der Waals surface area contributed by atoms with E-state index in [1.165, 1.54) is 6.07 Å². The first-order chi connectivity index (χ1) is 8.99. The van der Waals surface area contributed by atoms with Crippen LogP contribution >= 0.6 is 15.9 Å². The predicted octanol–water partition coefficient (Wildman–Crippen LogP) is 2.41. The van der Waals surface area contributed by atoms with Gasteiger partial charge in [0.05, 0.1) is 29.0 Å². The monoisotopic (exact) mass is 325 g/mol. The van der Waals surface area contributed by atoms with Gasteiger partial charge in [-0.05, 0) is 28.9 Å². The summed E-state index contributed by atoms with van der Waals surface area (Å²) in [6.45, 7) is 2.19. The van der Waals surface area contributed by atoms with Gasteiger partial charge in [-0.3, -0.25) is 14.8 Å². The van der Waals surface area contributed by atoms with Crippen LogP contribution in [0.5, 0.6) is 0 Å². The number of benzene rings is 1.